The Morgan fingerprint density at radius 2 is 2.13 bits per heavy atom. The van der Waals surface area contributed by atoms with E-state index in [-0.39, 0.29) is 5.91 Å². The van der Waals surface area contributed by atoms with Gasteiger partial charge >= 0.3 is 0 Å². The largest absolute Gasteiger partial charge is 0.383 e. The maximum Gasteiger partial charge on any atom is 0.233 e. The van der Waals surface area contributed by atoms with Crippen molar-refractivity contribution in [2.24, 2.45) is 0 Å². The molecule has 0 heterocycles. The van der Waals surface area contributed by atoms with Crippen molar-refractivity contribution in [1.82, 2.24) is 15.5 Å². The average Bonchev–Trinajstić information content (AvgIpc) is 2.22. The number of hydrogen-bond donors (Lipinski definition) is 2. The van der Waals surface area contributed by atoms with Gasteiger partial charge in [0.1, 0.15) is 0 Å². The molecule has 0 aromatic carbocycles. The maximum absolute atomic E-state index is 11.1. The van der Waals surface area contributed by atoms with Crippen LogP contribution in [-0.4, -0.2) is 64.3 Å². The van der Waals surface area contributed by atoms with Crippen molar-refractivity contribution in [3.63, 3.8) is 0 Å². The zero-order valence-electron chi connectivity index (χ0n) is 10.0. The summed E-state index contributed by atoms with van der Waals surface area (Å²) in [5.74, 6) is 0.0528. The first kappa shape index (κ1) is 14.3. The van der Waals surface area contributed by atoms with Crippen molar-refractivity contribution in [3.8, 4) is 0 Å². The normalized spacial score (nSPS) is 10.7. The van der Waals surface area contributed by atoms with E-state index in [0.717, 1.165) is 26.2 Å². The summed E-state index contributed by atoms with van der Waals surface area (Å²) < 4.78 is 4.96. The summed E-state index contributed by atoms with van der Waals surface area (Å²) >= 11 is 0. The van der Waals surface area contributed by atoms with E-state index in [0.29, 0.717) is 13.1 Å². The minimum absolute atomic E-state index is 0.0528. The van der Waals surface area contributed by atoms with Crippen molar-refractivity contribution in [2.45, 2.75) is 6.92 Å². The molecule has 0 aliphatic heterocycles. The lowest BCUT2D eigenvalue weighted by atomic mass is 10.5. The second kappa shape index (κ2) is 9.89. The van der Waals surface area contributed by atoms with Crippen LogP contribution < -0.4 is 10.6 Å². The lowest BCUT2D eigenvalue weighted by molar-refractivity contribution is -0.120. The zero-order valence-corrected chi connectivity index (χ0v) is 10.0. The van der Waals surface area contributed by atoms with Gasteiger partial charge in [0.2, 0.25) is 5.91 Å². The minimum atomic E-state index is 0.0528. The Kier molecular flexibility index (Phi) is 9.46. The third-order valence-corrected chi connectivity index (χ3v) is 2.01. The van der Waals surface area contributed by atoms with Crippen LogP contribution in [0.4, 0.5) is 0 Å². The Morgan fingerprint density at radius 3 is 2.73 bits per heavy atom. The van der Waals surface area contributed by atoms with Crippen LogP contribution in [-0.2, 0) is 9.53 Å². The Morgan fingerprint density at radius 1 is 1.40 bits per heavy atom. The first-order valence-corrected chi connectivity index (χ1v) is 5.35. The number of carbonyl (C=O) groups is 1. The third-order valence-electron chi connectivity index (χ3n) is 2.01. The van der Waals surface area contributed by atoms with E-state index in [2.05, 4.69) is 15.5 Å². The number of hydrogen-bond acceptors (Lipinski definition) is 4. The highest BCUT2D eigenvalue weighted by atomic mass is 16.5. The molecule has 0 bridgehead atoms. The predicted octanol–water partition coefficient (Wildman–Crippen LogP) is -0.710. The van der Waals surface area contributed by atoms with Crippen LogP contribution in [0.25, 0.3) is 0 Å². The van der Waals surface area contributed by atoms with Gasteiger partial charge in [0, 0.05) is 33.3 Å². The van der Waals surface area contributed by atoms with Gasteiger partial charge in [-0.3, -0.25) is 4.79 Å². The lowest BCUT2D eigenvalue weighted by Gasteiger charge is -2.15. The van der Waals surface area contributed by atoms with Crippen molar-refractivity contribution in [2.75, 3.05) is 53.5 Å². The fourth-order valence-electron chi connectivity index (χ4n) is 1.09. The molecule has 1 amide bonds. The van der Waals surface area contributed by atoms with Crippen molar-refractivity contribution < 1.29 is 9.53 Å². The van der Waals surface area contributed by atoms with Crippen LogP contribution in [0.2, 0.25) is 0 Å². The Labute approximate surface area is 92.2 Å². The molecule has 0 unspecified atom stereocenters. The molecule has 15 heavy (non-hydrogen) atoms. The first-order valence-electron chi connectivity index (χ1n) is 5.35. The summed E-state index contributed by atoms with van der Waals surface area (Å²) in [6.45, 7) is 6.39. The monoisotopic (exact) mass is 217 g/mol. The van der Waals surface area contributed by atoms with Gasteiger partial charge in [0.15, 0.2) is 0 Å². The lowest BCUT2D eigenvalue weighted by Crippen LogP contribution is -2.37. The Balaban J connectivity index is 3.26. The van der Waals surface area contributed by atoms with E-state index in [1.54, 1.807) is 7.11 Å². The van der Waals surface area contributed by atoms with E-state index in [9.17, 15) is 4.79 Å². The molecule has 0 aromatic heterocycles. The molecule has 0 aliphatic rings. The molecule has 0 spiro atoms. The second-order valence-corrected chi connectivity index (χ2v) is 3.43. The van der Waals surface area contributed by atoms with E-state index < -0.39 is 0 Å². The average molecular weight is 217 g/mol. The van der Waals surface area contributed by atoms with Crippen molar-refractivity contribution in [3.05, 3.63) is 0 Å². The molecule has 0 aromatic rings. The van der Waals surface area contributed by atoms with E-state index in [1.165, 1.54) is 0 Å². The summed E-state index contributed by atoms with van der Waals surface area (Å²) in [6, 6.07) is 0. The van der Waals surface area contributed by atoms with Gasteiger partial charge in [-0.1, -0.05) is 0 Å². The van der Waals surface area contributed by atoms with E-state index >= 15 is 0 Å². The number of rotatable bonds is 9. The summed E-state index contributed by atoms with van der Waals surface area (Å²) in [5, 5.41) is 5.82. The topological polar surface area (TPSA) is 53.6 Å². The van der Waals surface area contributed by atoms with Gasteiger partial charge in [0.25, 0.3) is 0 Å². The summed E-state index contributed by atoms with van der Waals surface area (Å²) in [7, 11) is 3.73. The number of likely N-dealkylation sites (N-methyl/N-ethyl adjacent to an activating group) is 2. The summed E-state index contributed by atoms with van der Waals surface area (Å²) in [4.78, 5) is 13.2. The molecule has 0 radical (unpaired) electrons. The molecule has 0 rings (SSSR count). The van der Waals surface area contributed by atoms with Gasteiger partial charge < -0.3 is 20.3 Å². The van der Waals surface area contributed by atoms with Crippen LogP contribution in [0, 0.1) is 0 Å². The zero-order chi connectivity index (χ0) is 11.5. The number of carbonyl (C=O) groups excluding carboxylic acids is 1. The number of nitrogens with one attached hydrogen (secondary N) is 2. The second-order valence-electron chi connectivity index (χ2n) is 3.43. The van der Waals surface area contributed by atoms with Crippen LogP contribution in [0.3, 0.4) is 0 Å². The number of nitrogens with zero attached hydrogens (tertiary/aromatic N) is 1. The number of amides is 1. The Hall–Kier alpha value is -0.650. The Bertz CT molecular complexity index is 165. The molecule has 90 valence electrons. The summed E-state index contributed by atoms with van der Waals surface area (Å²) in [6.07, 6.45) is 0. The van der Waals surface area contributed by atoms with E-state index in [1.807, 2.05) is 14.0 Å². The molecule has 0 aliphatic carbocycles. The standard InChI is InChI=1S/C10H23N3O2/c1-4-12-10(14)9-11-5-6-13(2)7-8-15-3/h11H,4-9H2,1-3H3,(H,12,14). The first-order chi connectivity index (χ1) is 7.20. The van der Waals surface area contributed by atoms with Gasteiger partial charge in [-0.2, -0.15) is 0 Å². The quantitative estimate of drug-likeness (QED) is 0.501. The molecule has 0 saturated heterocycles. The molecule has 0 fully saturated rings. The number of ether oxygens (including phenoxy) is 1. The van der Waals surface area contributed by atoms with Gasteiger partial charge in [0.05, 0.1) is 13.2 Å². The maximum atomic E-state index is 11.1. The van der Waals surface area contributed by atoms with Crippen LogP contribution in [0.15, 0.2) is 0 Å². The highest BCUT2D eigenvalue weighted by molar-refractivity contribution is 5.77. The molecule has 5 nitrogen and oxygen atoms in total. The third kappa shape index (κ3) is 9.65. The van der Waals surface area contributed by atoms with E-state index in [4.69, 9.17) is 4.74 Å². The fraction of sp³-hybridized carbons (Fsp3) is 0.900. The SMILES string of the molecule is CCNC(=O)CNCCN(C)CCOC. The molecular weight excluding hydrogens is 194 g/mol. The molecule has 0 saturated carbocycles. The predicted molar refractivity (Wildman–Crippen MR) is 60.9 cm³/mol. The fourth-order valence-corrected chi connectivity index (χ4v) is 1.09. The van der Waals surface area contributed by atoms with Crippen molar-refractivity contribution >= 4 is 5.91 Å². The van der Waals surface area contributed by atoms with Gasteiger partial charge in [-0.05, 0) is 14.0 Å². The van der Waals surface area contributed by atoms with Gasteiger partial charge in [-0.15, -0.1) is 0 Å². The minimum Gasteiger partial charge on any atom is -0.383 e. The van der Waals surface area contributed by atoms with Crippen LogP contribution in [0.1, 0.15) is 6.92 Å². The highest BCUT2D eigenvalue weighted by Crippen LogP contribution is 1.80. The highest BCUT2D eigenvalue weighted by Gasteiger charge is 1.99. The van der Waals surface area contributed by atoms with Gasteiger partial charge in [-0.25, -0.2) is 0 Å². The smallest absolute Gasteiger partial charge is 0.233 e. The summed E-state index contributed by atoms with van der Waals surface area (Å²) in [5.41, 5.74) is 0. The van der Waals surface area contributed by atoms with Crippen LogP contribution in [0.5, 0.6) is 0 Å². The van der Waals surface area contributed by atoms with Crippen molar-refractivity contribution in [1.29, 1.82) is 0 Å². The molecular formula is C10H23N3O2. The molecule has 5 heteroatoms. The molecule has 0 atom stereocenters. The number of methoxy groups -OCH3 is 1. The van der Waals surface area contributed by atoms with Crippen LogP contribution >= 0.6 is 0 Å². The molecule has 2 N–H and O–H groups in total.